The first-order chi connectivity index (χ1) is 3.80. The number of rotatable bonds is 0. The average Bonchev–Trinajstić information content (AvgIpc) is 2.12. The molecule has 0 aliphatic heterocycles. The predicted molar refractivity (Wildman–Crippen MR) is 35.2 cm³/mol. The zero-order valence-corrected chi connectivity index (χ0v) is 4.89. The van der Waals surface area contributed by atoms with Crippen LogP contribution in [-0.4, -0.2) is 17.7 Å². The Morgan fingerprint density at radius 2 is 1.88 bits per heavy atom. The van der Waals surface area contributed by atoms with E-state index in [0.717, 1.165) is 9.94 Å². The number of hydrogen-bond donors (Lipinski definition) is 1. The van der Waals surface area contributed by atoms with Crippen molar-refractivity contribution >= 4 is 17.7 Å². The van der Waals surface area contributed by atoms with Gasteiger partial charge in [-0.1, -0.05) is 0 Å². The monoisotopic (exact) mass is 99.1 g/mol. The molecule has 1 rings (SSSR count). The van der Waals surface area contributed by atoms with Crippen LogP contribution in [0.15, 0.2) is 34.2 Å². The van der Waals surface area contributed by atoms with Gasteiger partial charge in [0.25, 0.3) is 0 Å². The van der Waals surface area contributed by atoms with Crippen LogP contribution < -0.4 is 5.73 Å². The van der Waals surface area contributed by atoms with E-state index in [1.54, 1.807) is 0 Å². The Morgan fingerprint density at radius 1 is 1.38 bits per heavy atom. The number of allylic oxidation sites excluding steroid dienone is 5. The van der Waals surface area contributed by atoms with E-state index in [0.29, 0.717) is 0 Å². The first-order valence-corrected chi connectivity index (χ1v) is 2.62. The molecule has 0 aromatic rings. The van der Waals surface area contributed by atoms with Crippen molar-refractivity contribution in [2.24, 2.45) is 5.73 Å². The van der Waals surface area contributed by atoms with Gasteiger partial charge in [-0.2, -0.15) is 0 Å². The van der Waals surface area contributed by atoms with E-state index in [1.165, 1.54) is 0 Å². The summed E-state index contributed by atoms with van der Waals surface area (Å²) in [6, 6.07) is 0. The van der Waals surface area contributed by atoms with Crippen LogP contribution in [0.1, 0.15) is 0 Å². The van der Waals surface area contributed by atoms with E-state index in [2.05, 4.69) is 0 Å². The van der Waals surface area contributed by atoms with Crippen LogP contribution in [0.25, 0.3) is 0 Å². The molecule has 0 unspecified atom stereocenters. The van der Waals surface area contributed by atoms with Crippen molar-refractivity contribution in [3.05, 3.63) is 34.2 Å². The summed E-state index contributed by atoms with van der Waals surface area (Å²) in [5.74, 6) is 0. The first kappa shape index (κ1) is 5.75. The maximum absolute atomic E-state index is 5.47. The second-order valence-electron chi connectivity index (χ2n) is 1.86. The summed E-state index contributed by atoms with van der Waals surface area (Å²) in [4.78, 5) is 0. The van der Waals surface area contributed by atoms with E-state index in [1.807, 2.05) is 42.0 Å². The van der Waals surface area contributed by atoms with Crippen molar-refractivity contribution < 1.29 is 0 Å². The third-order valence-corrected chi connectivity index (χ3v) is 1.12. The van der Waals surface area contributed by atoms with E-state index in [9.17, 15) is 0 Å². The average molecular weight is 99.1 g/mol. The van der Waals surface area contributed by atoms with E-state index in [4.69, 9.17) is 5.73 Å². The molecule has 0 saturated heterocycles. The quantitative estimate of drug-likeness (QED) is 0.438. The zero-order chi connectivity index (χ0) is 5.98. The molecule has 2 heteroatoms. The van der Waals surface area contributed by atoms with Crippen LogP contribution >= 0.6 is 0 Å². The maximum atomic E-state index is 5.47. The summed E-state index contributed by atoms with van der Waals surface area (Å²) in [5, 5.41) is 0. The molecular formula is C6H6LiN. The molecule has 1 aliphatic carbocycles. The predicted octanol–water partition coefficient (Wildman–Crippen LogP) is 0.451. The molecular weight excluding hydrogens is 93.0 g/mol. The Balaban J connectivity index is 2.90. The van der Waals surface area contributed by atoms with Crippen molar-refractivity contribution in [2.45, 2.75) is 0 Å². The molecule has 0 heterocycles. The standard InChI is InChI=1S/C6H6N.Li/c7-5-6-3-1-2-4-6;/h1-4H,7H2;. The number of hydrogen-bond acceptors (Lipinski definition) is 1. The van der Waals surface area contributed by atoms with E-state index in [-0.39, 0.29) is 0 Å². The molecule has 0 radical (unpaired) electrons. The topological polar surface area (TPSA) is 26.0 Å². The van der Waals surface area contributed by atoms with E-state index >= 15 is 0 Å². The molecule has 1 aliphatic rings. The minimum absolute atomic E-state index is 0.884. The van der Waals surface area contributed by atoms with Crippen molar-refractivity contribution in [1.82, 2.24) is 0 Å². The van der Waals surface area contributed by atoms with Gasteiger partial charge >= 0.3 is 57.7 Å². The van der Waals surface area contributed by atoms with Gasteiger partial charge in [0.1, 0.15) is 0 Å². The summed E-state index contributed by atoms with van der Waals surface area (Å²) >= 11 is 1.90. The molecule has 8 heavy (non-hydrogen) atoms. The van der Waals surface area contributed by atoms with Crippen molar-refractivity contribution in [3.63, 3.8) is 0 Å². The van der Waals surface area contributed by atoms with Crippen LogP contribution in [0.3, 0.4) is 0 Å². The normalized spacial score (nSPS) is 15.5. The Kier molecular flexibility index (Phi) is 1.62. The summed E-state index contributed by atoms with van der Waals surface area (Å²) in [7, 11) is 0. The fourth-order valence-corrected chi connectivity index (χ4v) is 0.637. The fraction of sp³-hybridized carbons (Fsp3) is 0. The van der Waals surface area contributed by atoms with Crippen LogP contribution in [0.5, 0.6) is 0 Å². The Hall–Kier alpha value is -0.383. The van der Waals surface area contributed by atoms with Gasteiger partial charge in [-0.3, -0.25) is 0 Å². The molecule has 0 saturated carbocycles. The van der Waals surface area contributed by atoms with Gasteiger partial charge in [0.05, 0.1) is 0 Å². The second-order valence-corrected chi connectivity index (χ2v) is 1.86. The molecule has 36 valence electrons. The van der Waals surface area contributed by atoms with Gasteiger partial charge in [0, 0.05) is 0 Å². The van der Waals surface area contributed by atoms with Crippen molar-refractivity contribution in [2.75, 3.05) is 0 Å². The molecule has 0 aromatic carbocycles. The Morgan fingerprint density at radius 3 is 2.12 bits per heavy atom. The molecule has 0 atom stereocenters. The van der Waals surface area contributed by atoms with Crippen LogP contribution in [0.4, 0.5) is 0 Å². The summed E-state index contributed by atoms with van der Waals surface area (Å²) in [6.45, 7) is 0. The van der Waals surface area contributed by atoms with Gasteiger partial charge < -0.3 is 0 Å². The number of nitrogens with two attached hydrogens (primary N) is 1. The van der Waals surface area contributed by atoms with Crippen LogP contribution in [-0.2, 0) is 0 Å². The molecule has 2 N–H and O–H groups in total. The van der Waals surface area contributed by atoms with Gasteiger partial charge in [-0.15, -0.1) is 0 Å². The van der Waals surface area contributed by atoms with Crippen molar-refractivity contribution in [3.8, 4) is 0 Å². The van der Waals surface area contributed by atoms with Gasteiger partial charge in [-0.05, 0) is 0 Å². The molecule has 0 bridgehead atoms. The Bertz CT molecular complexity index is 159. The van der Waals surface area contributed by atoms with Gasteiger partial charge in [0.2, 0.25) is 0 Å². The van der Waals surface area contributed by atoms with Gasteiger partial charge in [0.15, 0.2) is 0 Å². The Labute approximate surface area is 58.2 Å². The fourth-order valence-electron chi connectivity index (χ4n) is 0.637. The summed E-state index contributed by atoms with van der Waals surface area (Å²) in [5.41, 5.74) is 6.60. The van der Waals surface area contributed by atoms with Gasteiger partial charge in [-0.25, -0.2) is 0 Å². The molecule has 1 nitrogen and oxygen atoms in total. The summed E-state index contributed by atoms with van der Waals surface area (Å²) < 4.78 is 0.884. The zero-order valence-electron chi connectivity index (χ0n) is 4.89. The van der Waals surface area contributed by atoms with Crippen LogP contribution in [0, 0.1) is 0 Å². The SMILES string of the molecule is [Li][C](N)=C1C=CC=C1. The first-order valence-electron chi connectivity index (χ1n) is 2.62. The van der Waals surface area contributed by atoms with Crippen molar-refractivity contribution in [1.29, 1.82) is 0 Å². The molecule has 0 aromatic heterocycles. The third-order valence-electron chi connectivity index (χ3n) is 1.12. The van der Waals surface area contributed by atoms with Crippen LogP contribution in [0.2, 0.25) is 0 Å². The molecule has 0 spiro atoms. The minimum atomic E-state index is 0.884. The molecule has 0 fully saturated rings. The third kappa shape index (κ3) is 1.06. The van der Waals surface area contributed by atoms with E-state index < -0.39 is 0 Å². The second kappa shape index (κ2) is 2.26. The molecule has 0 amide bonds. The summed E-state index contributed by atoms with van der Waals surface area (Å²) in [6.07, 6.45) is 7.95.